The minimum absolute atomic E-state index is 0.0426. The van der Waals surface area contributed by atoms with Gasteiger partial charge >= 0.3 is 12.1 Å². The molecule has 0 aromatic heterocycles. The lowest BCUT2D eigenvalue weighted by Crippen LogP contribution is -2.17. The van der Waals surface area contributed by atoms with Gasteiger partial charge in [-0.15, -0.1) is 0 Å². The Morgan fingerprint density at radius 3 is 2.55 bits per heavy atom. The van der Waals surface area contributed by atoms with E-state index >= 15 is 0 Å². The molecular weight excluding hydrogens is 286 g/mol. The molecule has 0 aliphatic carbocycles. The van der Waals surface area contributed by atoms with Crippen LogP contribution in [0.1, 0.15) is 24.2 Å². The molecule has 1 aromatic carbocycles. The molecule has 7 heteroatoms. The van der Waals surface area contributed by atoms with Crippen LogP contribution in [0.15, 0.2) is 12.1 Å². The molecule has 0 amide bonds. The van der Waals surface area contributed by atoms with Crippen molar-refractivity contribution in [2.24, 2.45) is 5.92 Å². The van der Waals surface area contributed by atoms with Gasteiger partial charge in [0, 0.05) is 5.02 Å². The van der Waals surface area contributed by atoms with E-state index in [0.29, 0.717) is 0 Å². The van der Waals surface area contributed by atoms with Gasteiger partial charge < -0.3 is 19.9 Å². The number of rotatable bonds is 4. The summed E-state index contributed by atoms with van der Waals surface area (Å²) in [5.74, 6) is -0.713. The molecule has 0 spiro atoms. The summed E-state index contributed by atoms with van der Waals surface area (Å²) in [4.78, 5) is 23.2. The summed E-state index contributed by atoms with van der Waals surface area (Å²) < 4.78 is 14.3. The fourth-order valence-corrected chi connectivity index (χ4v) is 1.62. The second-order valence-corrected chi connectivity index (χ2v) is 4.86. The molecule has 20 heavy (non-hydrogen) atoms. The van der Waals surface area contributed by atoms with Gasteiger partial charge in [0.2, 0.25) is 0 Å². The molecule has 0 aliphatic heterocycles. The van der Waals surface area contributed by atoms with E-state index in [1.165, 1.54) is 19.2 Å². The summed E-state index contributed by atoms with van der Waals surface area (Å²) in [6.07, 6.45) is -1.08. The highest BCUT2D eigenvalue weighted by Crippen LogP contribution is 2.30. The zero-order chi connectivity index (χ0) is 15.3. The standard InChI is InChI=1S/C13H16ClNO5/c1-7(2)6-19-13(17)20-12(16)9-4-8(14)5-10(15)11(9)18-3/h4-5,7H,6,15H2,1-3H3. The third kappa shape index (κ3) is 4.31. The Bertz CT molecular complexity index is 516. The minimum atomic E-state index is -1.08. The van der Waals surface area contributed by atoms with Crippen molar-refractivity contribution in [1.29, 1.82) is 0 Å². The summed E-state index contributed by atoms with van der Waals surface area (Å²) >= 11 is 5.80. The van der Waals surface area contributed by atoms with Crippen LogP contribution in [-0.2, 0) is 9.47 Å². The number of carbonyl (C=O) groups excluding carboxylic acids is 2. The second kappa shape index (κ2) is 7.00. The lowest BCUT2D eigenvalue weighted by atomic mass is 10.1. The third-order valence-electron chi connectivity index (χ3n) is 2.22. The van der Waals surface area contributed by atoms with Crippen LogP contribution in [0.4, 0.5) is 10.5 Å². The van der Waals surface area contributed by atoms with Gasteiger partial charge in [-0.1, -0.05) is 25.4 Å². The molecule has 0 saturated heterocycles. The van der Waals surface area contributed by atoms with Gasteiger partial charge in [-0.05, 0) is 18.1 Å². The Morgan fingerprint density at radius 1 is 1.35 bits per heavy atom. The Morgan fingerprint density at radius 2 is 2.00 bits per heavy atom. The molecule has 0 radical (unpaired) electrons. The maximum atomic E-state index is 11.9. The van der Waals surface area contributed by atoms with Gasteiger partial charge in [0.25, 0.3) is 0 Å². The summed E-state index contributed by atoms with van der Waals surface area (Å²) in [6, 6.07) is 2.73. The number of halogens is 1. The molecule has 0 heterocycles. The second-order valence-electron chi connectivity index (χ2n) is 4.42. The van der Waals surface area contributed by atoms with E-state index in [1.54, 1.807) is 0 Å². The molecular formula is C13H16ClNO5. The van der Waals surface area contributed by atoms with Crippen molar-refractivity contribution >= 4 is 29.4 Å². The van der Waals surface area contributed by atoms with Crippen LogP contribution in [0, 0.1) is 5.92 Å². The summed E-state index contributed by atoms with van der Waals surface area (Å²) in [5, 5.41) is 0.228. The van der Waals surface area contributed by atoms with Crippen molar-refractivity contribution < 1.29 is 23.8 Å². The van der Waals surface area contributed by atoms with Crippen molar-refractivity contribution in [2.75, 3.05) is 19.5 Å². The highest BCUT2D eigenvalue weighted by Gasteiger charge is 2.21. The Kier molecular flexibility index (Phi) is 5.64. The first kappa shape index (κ1) is 16.1. The fraction of sp³-hybridized carbons (Fsp3) is 0.385. The number of hydrogen-bond acceptors (Lipinski definition) is 6. The van der Waals surface area contributed by atoms with Crippen LogP contribution in [-0.4, -0.2) is 25.8 Å². The number of benzene rings is 1. The fourth-order valence-electron chi connectivity index (χ4n) is 1.39. The average molecular weight is 302 g/mol. The molecule has 0 atom stereocenters. The largest absolute Gasteiger partial charge is 0.516 e. The summed E-state index contributed by atoms with van der Waals surface area (Å²) in [7, 11) is 1.34. The number of nitrogens with two attached hydrogens (primary N) is 1. The van der Waals surface area contributed by atoms with Crippen molar-refractivity contribution in [2.45, 2.75) is 13.8 Å². The van der Waals surface area contributed by atoms with Gasteiger partial charge in [0.15, 0.2) is 5.75 Å². The number of carbonyl (C=O) groups is 2. The molecule has 0 aliphatic rings. The Balaban J connectivity index is 2.84. The quantitative estimate of drug-likeness (QED) is 0.522. The van der Waals surface area contributed by atoms with Crippen LogP contribution in [0.25, 0.3) is 0 Å². The minimum Gasteiger partial charge on any atom is -0.494 e. The highest BCUT2D eigenvalue weighted by atomic mass is 35.5. The molecule has 0 fully saturated rings. The van der Waals surface area contributed by atoms with E-state index in [0.717, 1.165) is 0 Å². The molecule has 2 N–H and O–H groups in total. The lowest BCUT2D eigenvalue weighted by Gasteiger charge is -2.11. The average Bonchev–Trinajstić information content (AvgIpc) is 2.35. The van der Waals surface area contributed by atoms with Gasteiger partial charge in [0.1, 0.15) is 5.56 Å². The van der Waals surface area contributed by atoms with E-state index in [-0.39, 0.29) is 34.5 Å². The first-order valence-electron chi connectivity index (χ1n) is 5.87. The lowest BCUT2D eigenvalue weighted by molar-refractivity contribution is 0.0348. The first-order chi connectivity index (χ1) is 9.35. The van der Waals surface area contributed by atoms with Gasteiger partial charge in [-0.25, -0.2) is 9.59 Å². The third-order valence-corrected chi connectivity index (χ3v) is 2.44. The number of hydrogen-bond donors (Lipinski definition) is 1. The smallest absolute Gasteiger partial charge is 0.494 e. The van der Waals surface area contributed by atoms with E-state index in [1.807, 2.05) is 13.8 Å². The zero-order valence-corrected chi connectivity index (χ0v) is 12.2. The maximum Gasteiger partial charge on any atom is 0.516 e. The number of nitrogen functional groups attached to an aromatic ring is 1. The predicted octanol–water partition coefficient (Wildman–Crippen LogP) is 2.88. The van der Waals surface area contributed by atoms with E-state index in [2.05, 4.69) is 4.74 Å². The van der Waals surface area contributed by atoms with Gasteiger partial charge in [-0.3, -0.25) is 0 Å². The number of esters is 1. The predicted molar refractivity (Wildman–Crippen MR) is 74.0 cm³/mol. The van der Waals surface area contributed by atoms with Crippen LogP contribution < -0.4 is 10.5 Å². The summed E-state index contributed by atoms with van der Waals surface area (Å²) in [6.45, 7) is 3.87. The van der Waals surface area contributed by atoms with Crippen molar-refractivity contribution in [3.8, 4) is 5.75 Å². The molecule has 6 nitrogen and oxygen atoms in total. The normalized spacial score (nSPS) is 10.2. The van der Waals surface area contributed by atoms with E-state index < -0.39 is 12.1 Å². The highest BCUT2D eigenvalue weighted by molar-refractivity contribution is 6.31. The molecule has 0 saturated carbocycles. The van der Waals surface area contributed by atoms with Gasteiger partial charge in [-0.2, -0.15) is 0 Å². The number of ether oxygens (including phenoxy) is 3. The molecule has 110 valence electrons. The van der Waals surface area contributed by atoms with Crippen molar-refractivity contribution in [3.63, 3.8) is 0 Å². The Hall–Kier alpha value is -1.95. The van der Waals surface area contributed by atoms with Crippen molar-refractivity contribution in [3.05, 3.63) is 22.7 Å². The van der Waals surface area contributed by atoms with E-state index in [9.17, 15) is 9.59 Å². The monoisotopic (exact) mass is 301 g/mol. The van der Waals surface area contributed by atoms with Crippen LogP contribution in [0.2, 0.25) is 5.02 Å². The topological polar surface area (TPSA) is 87.9 Å². The molecule has 1 rings (SSSR count). The van der Waals surface area contributed by atoms with Crippen LogP contribution in [0.5, 0.6) is 5.75 Å². The molecule has 0 bridgehead atoms. The number of anilines is 1. The van der Waals surface area contributed by atoms with Crippen LogP contribution >= 0.6 is 11.6 Å². The van der Waals surface area contributed by atoms with Crippen molar-refractivity contribution in [1.82, 2.24) is 0 Å². The van der Waals surface area contributed by atoms with E-state index in [4.69, 9.17) is 26.8 Å². The molecule has 0 unspecified atom stereocenters. The first-order valence-corrected chi connectivity index (χ1v) is 6.24. The zero-order valence-electron chi connectivity index (χ0n) is 11.4. The maximum absolute atomic E-state index is 11.9. The van der Waals surface area contributed by atoms with Crippen LogP contribution in [0.3, 0.4) is 0 Å². The number of methoxy groups -OCH3 is 1. The molecule has 1 aromatic rings. The van der Waals surface area contributed by atoms with Gasteiger partial charge in [0.05, 0.1) is 19.4 Å². The summed E-state index contributed by atoms with van der Waals surface area (Å²) in [5.41, 5.74) is 5.79. The Labute approximate surface area is 121 Å². The SMILES string of the molecule is COc1c(N)cc(Cl)cc1C(=O)OC(=O)OCC(C)C.